The van der Waals surface area contributed by atoms with Crippen molar-refractivity contribution in [2.75, 3.05) is 0 Å². The third-order valence-electron chi connectivity index (χ3n) is 4.89. The molecular weight excluding hydrogens is 218 g/mol. The smallest absolute Gasteiger partial charge is 0.0353 e. The average Bonchev–Trinajstić information content (AvgIpc) is 2.47. The molecule has 98 valence electrons. The molecule has 1 nitrogen and oxygen atoms in total. The molecule has 0 spiro atoms. The van der Waals surface area contributed by atoms with Gasteiger partial charge in [-0.1, -0.05) is 50.5 Å². The van der Waals surface area contributed by atoms with Crippen molar-refractivity contribution >= 4 is 0 Å². The molecule has 2 unspecified atom stereocenters. The fraction of sp³-hybridized carbons (Fsp3) is 0.647. The Morgan fingerprint density at radius 3 is 2.67 bits per heavy atom. The van der Waals surface area contributed by atoms with Gasteiger partial charge in [0.1, 0.15) is 0 Å². The summed E-state index contributed by atoms with van der Waals surface area (Å²) in [6, 6.07) is 10.4. The third-order valence-corrected chi connectivity index (χ3v) is 4.89. The first-order valence-electron chi connectivity index (χ1n) is 7.72. The molecule has 1 saturated carbocycles. The molecule has 18 heavy (non-hydrogen) atoms. The van der Waals surface area contributed by atoms with Gasteiger partial charge in [-0.15, -0.1) is 0 Å². The number of nitrogens with one attached hydrogen (secondary N) is 1. The summed E-state index contributed by atoms with van der Waals surface area (Å²) in [6.07, 6.45) is 9.62. The lowest BCUT2D eigenvalue weighted by atomic mass is 9.77. The second-order valence-corrected chi connectivity index (χ2v) is 6.05. The Morgan fingerprint density at radius 1 is 1.11 bits per heavy atom. The number of fused-ring (bicyclic) bond motifs is 1. The van der Waals surface area contributed by atoms with Crippen molar-refractivity contribution < 1.29 is 0 Å². The zero-order chi connectivity index (χ0) is 12.4. The molecule has 0 aromatic heterocycles. The van der Waals surface area contributed by atoms with Gasteiger partial charge < -0.3 is 5.32 Å². The van der Waals surface area contributed by atoms with Gasteiger partial charge in [0.05, 0.1) is 0 Å². The summed E-state index contributed by atoms with van der Waals surface area (Å²) >= 11 is 0. The maximum Gasteiger partial charge on any atom is 0.0353 e. The van der Waals surface area contributed by atoms with Gasteiger partial charge in [-0.05, 0) is 42.7 Å². The number of benzene rings is 1. The predicted octanol–water partition coefficient (Wildman–Crippen LogP) is 4.23. The largest absolute Gasteiger partial charge is 0.307 e. The second kappa shape index (κ2) is 5.44. The number of hydrogen-bond acceptors (Lipinski definition) is 1. The highest BCUT2D eigenvalue weighted by Gasteiger charge is 2.31. The molecule has 1 aromatic carbocycles. The molecule has 1 heterocycles. The highest BCUT2D eigenvalue weighted by atomic mass is 15.0. The van der Waals surface area contributed by atoms with Crippen LogP contribution in [-0.2, 0) is 6.42 Å². The van der Waals surface area contributed by atoms with E-state index in [0.29, 0.717) is 12.1 Å². The zero-order valence-electron chi connectivity index (χ0n) is 11.5. The number of rotatable bonds is 2. The van der Waals surface area contributed by atoms with E-state index in [9.17, 15) is 0 Å². The van der Waals surface area contributed by atoms with Crippen LogP contribution in [0.4, 0.5) is 0 Å². The van der Waals surface area contributed by atoms with Crippen molar-refractivity contribution in [1.82, 2.24) is 5.32 Å². The minimum absolute atomic E-state index is 0.625. The fourth-order valence-electron chi connectivity index (χ4n) is 3.81. The Bertz CT molecular complexity index is 392. The van der Waals surface area contributed by atoms with E-state index in [2.05, 4.69) is 36.5 Å². The minimum Gasteiger partial charge on any atom is -0.307 e. The lowest BCUT2D eigenvalue weighted by Gasteiger charge is -2.39. The Kier molecular flexibility index (Phi) is 3.69. The predicted molar refractivity (Wildman–Crippen MR) is 76.7 cm³/mol. The van der Waals surface area contributed by atoms with Crippen LogP contribution < -0.4 is 5.32 Å². The van der Waals surface area contributed by atoms with Crippen molar-refractivity contribution in [2.45, 2.75) is 64.0 Å². The van der Waals surface area contributed by atoms with Crippen LogP contribution in [0.2, 0.25) is 0 Å². The van der Waals surface area contributed by atoms with Gasteiger partial charge in [0.25, 0.3) is 0 Å². The van der Waals surface area contributed by atoms with Gasteiger partial charge in [-0.25, -0.2) is 0 Å². The Hall–Kier alpha value is -0.820. The third kappa shape index (κ3) is 2.33. The van der Waals surface area contributed by atoms with Crippen LogP contribution in [0.25, 0.3) is 0 Å². The van der Waals surface area contributed by atoms with Crippen LogP contribution in [0.15, 0.2) is 24.3 Å². The molecule has 1 aromatic rings. The van der Waals surface area contributed by atoms with Gasteiger partial charge in [0.2, 0.25) is 0 Å². The van der Waals surface area contributed by atoms with Gasteiger partial charge in [0, 0.05) is 12.1 Å². The van der Waals surface area contributed by atoms with Crippen LogP contribution in [-0.4, -0.2) is 6.04 Å². The van der Waals surface area contributed by atoms with E-state index in [-0.39, 0.29) is 0 Å². The lowest BCUT2D eigenvalue weighted by molar-refractivity contribution is 0.239. The van der Waals surface area contributed by atoms with Crippen molar-refractivity contribution in [1.29, 1.82) is 0 Å². The average molecular weight is 243 g/mol. The quantitative estimate of drug-likeness (QED) is 0.819. The Labute approximate surface area is 111 Å². The topological polar surface area (TPSA) is 12.0 Å². The lowest BCUT2D eigenvalue weighted by Crippen LogP contribution is -2.42. The molecule has 1 heteroatoms. The minimum atomic E-state index is 0.625. The van der Waals surface area contributed by atoms with Gasteiger partial charge in [-0.3, -0.25) is 0 Å². The van der Waals surface area contributed by atoms with Crippen LogP contribution in [0, 0.1) is 5.92 Å². The summed E-state index contributed by atoms with van der Waals surface area (Å²) in [6.45, 7) is 2.31. The molecule has 1 aliphatic heterocycles. The van der Waals surface area contributed by atoms with Gasteiger partial charge >= 0.3 is 0 Å². The van der Waals surface area contributed by atoms with Crippen LogP contribution >= 0.6 is 0 Å². The maximum atomic E-state index is 3.93. The van der Waals surface area contributed by atoms with Crippen molar-refractivity contribution in [3.05, 3.63) is 35.4 Å². The van der Waals surface area contributed by atoms with Crippen LogP contribution in [0.1, 0.15) is 62.6 Å². The van der Waals surface area contributed by atoms with Gasteiger partial charge in [0.15, 0.2) is 0 Å². The summed E-state index contributed by atoms with van der Waals surface area (Å²) in [5, 5.41) is 3.93. The summed E-state index contributed by atoms with van der Waals surface area (Å²) < 4.78 is 0. The highest BCUT2D eigenvalue weighted by molar-refractivity contribution is 5.33. The molecule has 0 bridgehead atoms. The summed E-state index contributed by atoms with van der Waals surface area (Å²) in [7, 11) is 0. The van der Waals surface area contributed by atoms with Crippen LogP contribution in [0.3, 0.4) is 0 Å². The first kappa shape index (κ1) is 12.2. The van der Waals surface area contributed by atoms with Crippen molar-refractivity contribution in [3.8, 4) is 0 Å². The van der Waals surface area contributed by atoms with E-state index >= 15 is 0 Å². The summed E-state index contributed by atoms with van der Waals surface area (Å²) in [5.74, 6) is 0.870. The normalized spacial score (nSPS) is 28.9. The first-order valence-corrected chi connectivity index (χ1v) is 7.72. The van der Waals surface area contributed by atoms with E-state index in [1.54, 1.807) is 11.1 Å². The molecular formula is C17H25N. The molecule has 0 radical (unpaired) electrons. The molecule has 1 fully saturated rings. The first-order chi connectivity index (χ1) is 8.88. The van der Waals surface area contributed by atoms with Gasteiger partial charge in [-0.2, -0.15) is 0 Å². The fourth-order valence-corrected chi connectivity index (χ4v) is 3.81. The van der Waals surface area contributed by atoms with Crippen LogP contribution in [0.5, 0.6) is 0 Å². The van der Waals surface area contributed by atoms with E-state index in [1.807, 2.05) is 0 Å². The number of hydrogen-bond donors (Lipinski definition) is 1. The molecule has 2 aliphatic rings. The summed E-state index contributed by atoms with van der Waals surface area (Å²) in [5.41, 5.74) is 3.19. The maximum absolute atomic E-state index is 3.93. The van der Waals surface area contributed by atoms with Crippen molar-refractivity contribution in [2.24, 2.45) is 5.92 Å². The molecule has 1 N–H and O–H groups in total. The molecule has 0 saturated heterocycles. The highest BCUT2D eigenvalue weighted by Crippen LogP contribution is 2.38. The molecule has 1 aliphatic carbocycles. The standard InChI is InChI=1S/C17H25N/c1-2-15-12-14-10-6-7-11-16(14)17(18-15)13-8-4-3-5-9-13/h6-7,10-11,13,15,17-18H,2-5,8-9,12H2,1H3. The Balaban J connectivity index is 1.87. The van der Waals surface area contributed by atoms with E-state index in [1.165, 1.54) is 44.9 Å². The SMILES string of the molecule is CCC1Cc2ccccc2C(C2CCCCC2)N1. The Morgan fingerprint density at radius 2 is 1.89 bits per heavy atom. The molecule has 0 amide bonds. The van der Waals surface area contributed by atoms with E-state index < -0.39 is 0 Å². The van der Waals surface area contributed by atoms with E-state index in [0.717, 1.165) is 5.92 Å². The monoisotopic (exact) mass is 243 g/mol. The summed E-state index contributed by atoms with van der Waals surface area (Å²) in [4.78, 5) is 0. The molecule has 3 rings (SSSR count). The van der Waals surface area contributed by atoms with E-state index in [4.69, 9.17) is 0 Å². The van der Waals surface area contributed by atoms with Crippen molar-refractivity contribution in [3.63, 3.8) is 0 Å². The second-order valence-electron chi connectivity index (χ2n) is 6.05. The zero-order valence-corrected chi connectivity index (χ0v) is 11.5. The molecule has 2 atom stereocenters.